The molecule has 2 rings (SSSR count). The molecule has 1 aromatic rings. The van der Waals surface area contributed by atoms with Gasteiger partial charge in [-0.3, -0.25) is 4.79 Å². The van der Waals surface area contributed by atoms with Crippen molar-refractivity contribution in [1.29, 1.82) is 0 Å². The van der Waals surface area contributed by atoms with Gasteiger partial charge in [0.15, 0.2) is 0 Å². The second-order valence-corrected chi connectivity index (χ2v) is 7.35. The molecule has 0 saturated heterocycles. The predicted octanol–water partition coefficient (Wildman–Crippen LogP) is 1.92. The fraction of sp³-hybridized carbons (Fsp3) is 0.417. The summed E-state index contributed by atoms with van der Waals surface area (Å²) in [5, 5.41) is 2.87. The Labute approximate surface area is 111 Å². The summed E-state index contributed by atoms with van der Waals surface area (Å²) in [5.41, 5.74) is 1.26. The van der Waals surface area contributed by atoms with E-state index in [0.717, 1.165) is 5.56 Å². The first-order chi connectivity index (χ1) is 8.29. The Kier molecular flexibility index (Phi) is 3.38. The molecule has 98 valence electrons. The lowest BCUT2D eigenvalue weighted by Crippen LogP contribution is -2.44. The Bertz CT molecular complexity index is 595. The molecule has 0 bridgehead atoms. The molecule has 18 heavy (non-hydrogen) atoms. The molecule has 6 heteroatoms. The molecule has 1 heterocycles. The van der Waals surface area contributed by atoms with Crippen LogP contribution in [0.4, 0.5) is 0 Å². The van der Waals surface area contributed by atoms with E-state index < -0.39 is 9.05 Å². The fourth-order valence-corrected chi connectivity index (χ4v) is 2.81. The van der Waals surface area contributed by atoms with Crippen molar-refractivity contribution in [3.8, 4) is 0 Å². The highest BCUT2D eigenvalue weighted by molar-refractivity contribution is 8.13. The average molecular weight is 288 g/mol. The molecule has 1 atom stereocenters. The minimum atomic E-state index is -3.80. The molecule has 1 aliphatic heterocycles. The van der Waals surface area contributed by atoms with E-state index in [0.29, 0.717) is 17.9 Å². The quantitative estimate of drug-likeness (QED) is 0.845. The van der Waals surface area contributed by atoms with Crippen molar-refractivity contribution in [2.45, 2.75) is 31.2 Å². The number of amides is 1. The van der Waals surface area contributed by atoms with Crippen LogP contribution in [0, 0.1) is 5.92 Å². The highest BCUT2D eigenvalue weighted by atomic mass is 35.7. The maximum absolute atomic E-state index is 11.9. The minimum Gasteiger partial charge on any atom is -0.349 e. The van der Waals surface area contributed by atoms with Crippen LogP contribution in [-0.4, -0.2) is 20.4 Å². The molecule has 0 saturated carbocycles. The van der Waals surface area contributed by atoms with E-state index in [4.69, 9.17) is 10.7 Å². The molecule has 1 amide bonds. The number of carbonyl (C=O) groups excluding carboxylic acids is 1. The van der Waals surface area contributed by atoms with E-state index in [1.807, 2.05) is 13.8 Å². The SMILES string of the molecule is CC(C)C1Cc2ccc(S(=O)(=O)Cl)cc2C(=O)N1. The van der Waals surface area contributed by atoms with Crippen LogP contribution in [0.15, 0.2) is 23.1 Å². The van der Waals surface area contributed by atoms with Gasteiger partial charge in [-0.05, 0) is 30.0 Å². The Morgan fingerprint density at radius 3 is 2.61 bits per heavy atom. The summed E-state index contributed by atoms with van der Waals surface area (Å²) in [6.07, 6.45) is 0.710. The van der Waals surface area contributed by atoms with Crippen LogP contribution in [-0.2, 0) is 15.5 Å². The van der Waals surface area contributed by atoms with Gasteiger partial charge in [0.1, 0.15) is 0 Å². The highest BCUT2D eigenvalue weighted by Crippen LogP contribution is 2.24. The number of hydrogen-bond acceptors (Lipinski definition) is 3. The first-order valence-corrected chi connectivity index (χ1v) is 7.98. The second-order valence-electron chi connectivity index (χ2n) is 4.78. The largest absolute Gasteiger partial charge is 0.349 e. The minimum absolute atomic E-state index is 0.0407. The molecule has 1 unspecified atom stereocenters. The van der Waals surface area contributed by atoms with Gasteiger partial charge >= 0.3 is 0 Å². The van der Waals surface area contributed by atoms with Crippen molar-refractivity contribution >= 4 is 25.6 Å². The lowest BCUT2D eigenvalue weighted by molar-refractivity contribution is 0.0912. The number of rotatable bonds is 2. The number of nitrogens with one attached hydrogen (secondary N) is 1. The van der Waals surface area contributed by atoms with Crippen LogP contribution in [0.2, 0.25) is 0 Å². The summed E-state index contributed by atoms with van der Waals surface area (Å²) in [6.45, 7) is 4.07. The molecule has 0 aromatic heterocycles. The third-order valence-electron chi connectivity index (χ3n) is 3.17. The van der Waals surface area contributed by atoms with E-state index in [1.54, 1.807) is 6.07 Å². The summed E-state index contributed by atoms with van der Waals surface area (Å²) in [5.74, 6) is 0.0932. The average Bonchev–Trinajstić information content (AvgIpc) is 2.27. The molecule has 0 radical (unpaired) electrons. The molecule has 0 fully saturated rings. The maximum Gasteiger partial charge on any atom is 0.261 e. The Morgan fingerprint density at radius 2 is 2.06 bits per heavy atom. The van der Waals surface area contributed by atoms with Gasteiger partial charge in [-0.15, -0.1) is 0 Å². The molecule has 0 spiro atoms. The number of halogens is 1. The van der Waals surface area contributed by atoms with E-state index in [2.05, 4.69) is 5.32 Å². The van der Waals surface area contributed by atoms with Crippen molar-refractivity contribution in [3.63, 3.8) is 0 Å². The molecule has 1 aliphatic rings. The zero-order valence-electron chi connectivity index (χ0n) is 10.1. The number of hydrogen-bond donors (Lipinski definition) is 1. The lowest BCUT2D eigenvalue weighted by Gasteiger charge is -2.28. The summed E-state index contributed by atoms with van der Waals surface area (Å²) in [4.78, 5) is 11.9. The van der Waals surface area contributed by atoms with E-state index in [1.165, 1.54) is 12.1 Å². The maximum atomic E-state index is 11.9. The van der Waals surface area contributed by atoms with Crippen LogP contribution in [0.25, 0.3) is 0 Å². The van der Waals surface area contributed by atoms with Crippen LogP contribution < -0.4 is 5.32 Å². The number of carbonyl (C=O) groups is 1. The fourth-order valence-electron chi connectivity index (χ4n) is 2.03. The summed E-state index contributed by atoms with van der Waals surface area (Å²) in [6, 6.07) is 4.53. The zero-order valence-corrected chi connectivity index (χ0v) is 11.7. The van der Waals surface area contributed by atoms with Gasteiger partial charge < -0.3 is 5.32 Å². The first-order valence-electron chi connectivity index (χ1n) is 5.67. The van der Waals surface area contributed by atoms with Crippen LogP contribution in [0.5, 0.6) is 0 Å². The van der Waals surface area contributed by atoms with E-state index in [-0.39, 0.29) is 16.8 Å². The van der Waals surface area contributed by atoms with Crippen molar-refractivity contribution in [1.82, 2.24) is 5.32 Å². The first kappa shape index (κ1) is 13.4. The molecule has 1 N–H and O–H groups in total. The monoisotopic (exact) mass is 287 g/mol. The molecule has 0 aliphatic carbocycles. The molecular weight excluding hydrogens is 274 g/mol. The normalized spacial score (nSPS) is 19.6. The Hall–Kier alpha value is -1.07. The van der Waals surface area contributed by atoms with Crippen molar-refractivity contribution in [2.75, 3.05) is 0 Å². The number of fused-ring (bicyclic) bond motifs is 1. The molecule has 4 nitrogen and oxygen atoms in total. The topological polar surface area (TPSA) is 63.2 Å². The molecular formula is C12H14ClNO3S. The standard InChI is InChI=1S/C12H14ClNO3S/c1-7(2)11-5-8-3-4-9(18(13,16)17)6-10(8)12(15)14-11/h3-4,6-7,11H,5H2,1-2H3,(H,14,15). The second kappa shape index (κ2) is 4.55. The smallest absolute Gasteiger partial charge is 0.261 e. The van der Waals surface area contributed by atoms with Gasteiger partial charge in [0.2, 0.25) is 0 Å². The third kappa shape index (κ3) is 2.52. The zero-order chi connectivity index (χ0) is 13.5. The van der Waals surface area contributed by atoms with Gasteiger partial charge in [0.25, 0.3) is 15.0 Å². The van der Waals surface area contributed by atoms with E-state index in [9.17, 15) is 13.2 Å². The Balaban J connectivity index is 2.45. The van der Waals surface area contributed by atoms with Crippen molar-refractivity contribution in [3.05, 3.63) is 29.3 Å². The highest BCUT2D eigenvalue weighted by Gasteiger charge is 2.27. The Morgan fingerprint density at radius 1 is 1.39 bits per heavy atom. The van der Waals surface area contributed by atoms with Gasteiger partial charge in [0, 0.05) is 22.3 Å². The van der Waals surface area contributed by atoms with Crippen LogP contribution in [0.3, 0.4) is 0 Å². The van der Waals surface area contributed by atoms with Gasteiger partial charge in [0.05, 0.1) is 4.90 Å². The van der Waals surface area contributed by atoms with Crippen LogP contribution >= 0.6 is 10.7 Å². The van der Waals surface area contributed by atoms with Crippen molar-refractivity contribution < 1.29 is 13.2 Å². The predicted molar refractivity (Wildman–Crippen MR) is 69.3 cm³/mol. The third-order valence-corrected chi connectivity index (χ3v) is 4.52. The van der Waals surface area contributed by atoms with Gasteiger partial charge in [-0.1, -0.05) is 19.9 Å². The summed E-state index contributed by atoms with van der Waals surface area (Å²) in [7, 11) is 1.47. The molecule has 1 aromatic carbocycles. The van der Waals surface area contributed by atoms with Gasteiger partial charge in [-0.2, -0.15) is 0 Å². The van der Waals surface area contributed by atoms with Crippen molar-refractivity contribution in [2.24, 2.45) is 5.92 Å². The summed E-state index contributed by atoms with van der Waals surface area (Å²) >= 11 is 0. The summed E-state index contributed by atoms with van der Waals surface area (Å²) < 4.78 is 22.5. The van der Waals surface area contributed by atoms with Gasteiger partial charge in [-0.25, -0.2) is 8.42 Å². The van der Waals surface area contributed by atoms with Crippen LogP contribution in [0.1, 0.15) is 29.8 Å². The lowest BCUT2D eigenvalue weighted by atomic mass is 9.89. The number of benzene rings is 1. The van der Waals surface area contributed by atoms with E-state index >= 15 is 0 Å².